The minimum absolute atomic E-state index is 0.143. The van der Waals surface area contributed by atoms with Crippen LogP contribution in [0.25, 0.3) is 0 Å². The fraction of sp³-hybridized carbons (Fsp3) is 0.158. The van der Waals surface area contributed by atoms with E-state index in [-0.39, 0.29) is 5.78 Å². The third-order valence-electron chi connectivity index (χ3n) is 3.47. The number of ketones is 1. The molecule has 0 radical (unpaired) electrons. The van der Waals surface area contributed by atoms with Crippen LogP contribution in [0.2, 0.25) is 0 Å². The van der Waals surface area contributed by atoms with Crippen molar-refractivity contribution in [2.45, 2.75) is 12.8 Å². The van der Waals surface area contributed by atoms with Crippen molar-refractivity contribution in [3.8, 4) is 6.07 Å². The van der Waals surface area contributed by atoms with Gasteiger partial charge >= 0.3 is 0 Å². The third kappa shape index (κ3) is 3.90. The Balaban J connectivity index is 2.02. The van der Waals surface area contributed by atoms with E-state index in [2.05, 4.69) is 12.6 Å². The van der Waals surface area contributed by atoms with E-state index in [1.54, 1.807) is 12.1 Å². The number of carbonyl (C=O) groups is 1. The highest BCUT2D eigenvalue weighted by Gasteiger charge is 2.19. The summed E-state index contributed by atoms with van der Waals surface area (Å²) >= 11 is 0. The standard InChI is InChI=1S/C19H17NO/c1-15(19(21)17-10-6-3-7-11-17)18(14-20)13-12-16-8-4-2-5-9-16/h2-11,18H,1,12-13H2. The molecule has 0 heterocycles. The Morgan fingerprint density at radius 1 is 1.05 bits per heavy atom. The van der Waals surface area contributed by atoms with Crippen LogP contribution >= 0.6 is 0 Å². The predicted octanol–water partition coefficient (Wildman–Crippen LogP) is 4.20. The molecule has 0 saturated carbocycles. The van der Waals surface area contributed by atoms with Crippen molar-refractivity contribution >= 4 is 5.78 Å². The second-order valence-electron chi connectivity index (χ2n) is 4.93. The Morgan fingerprint density at radius 2 is 1.62 bits per heavy atom. The maximum Gasteiger partial charge on any atom is 0.189 e. The number of rotatable bonds is 6. The summed E-state index contributed by atoms with van der Waals surface area (Å²) in [5.74, 6) is -0.590. The van der Waals surface area contributed by atoms with Crippen LogP contribution in [0.1, 0.15) is 22.3 Å². The first-order valence-corrected chi connectivity index (χ1v) is 6.94. The zero-order chi connectivity index (χ0) is 15.1. The molecule has 0 N–H and O–H groups in total. The van der Waals surface area contributed by atoms with Crippen LogP contribution in [0.4, 0.5) is 0 Å². The molecular formula is C19H17NO. The molecule has 104 valence electrons. The van der Waals surface area contributed by atoms with Crippen LogP contribution in [0.5, 0.6) is 0 Å². The number of carbonyl (C=O) groups excluding carboxylic acids is 1. The van der Waals surface area contributed by atoms with Crippen LogP contribution in [0.15, 0.2) is 72.8 Å². The van der Waals surface area contributed by atoms with Gasteiger partial charge in [-0.2, -0.15) is 5.26 Å². The molecule has 0 spiro atoms. The Hall–Kier alpha value is -2.66. The number of benzene rings is 2. The maximum absolute atomic E-state index is 12.3. The van der Waals surface area contributed by atoms with Crippen molar-refractivity contribution in [2.75, 3.05) is 0 Å². The van der Waals surface area contributed by atoms with Crippen molar-refractivity contribution in [3.05, 3.63) is 83.9 Å². The zero-order valence-corrected chi connectivity index (χ0v) is 11.8. The van der Waals surface area contributed by atoms with Gasteiger partial charge in [-0.25, -0.2) is 0 Å². The van der Waals surface area contributed by atoms with Gasteiger partial charge in [0.15, 0.2) is 5.78 Å². The van der Waals surface area contributed by atoms with Gasteiger partial charge in [0.25, 0.3) is 0 Å². The van der Waals surface area contributed by atoms with E-state index in [0.717, 1.165) is 12.0 Å². The maximum atomic E-state index is 12.3. The summed E-state index contributed by atoms with van der Waals surface area (Å²) in [5.41, 5.74) is 2.12. The molecular weight excluding hydrogens is 258 g/mol. The number of hydrogen-bond acceptors (Lipinski definition) is 2. The first-order chi connectivity index (χ1) is 10.2. The van der Waals surface area contributed by atoms with Crippen LogP contribution < -0.4 is 0 Å². The number of hydrogen-bond donors (Lipinski definition) is 0. The van der Waals surface area contributed by atoms with Crippen molar-refractivity contribution in [1.82, 2.24) is 0 Å². The molecule has 2 rings (SSSR count). The zero-order valence-electron chi connectivity index (χ0n) is 11.8. The average Bonchev–Trinajstić information content (AvgIpc) is 2.56. The summed E-state index contributed by atoms with van der Waals surface area (Å²) in [6, 6.07) is 21.1. The molecule has 2 aromatic carbocycles. The number of Topliss-reactive ketones (excluding diaryl/α,β-unsaturated/α-hetero) is 1. The molecule has 2 nitrogen and oxygen atoms in total. The topological polar surface area (TPSA) is 40.9 Å². The van der Waals surface area contributed by atoms with Gasteiger partial charge in [-0.05, 0) is 18.4 Å². The fourth-order valence-corrected chi connectivity index (χ4v) is 2.21. The fourth-order valence-electron chi connectivity index (χ4n) is 2.21. The van der Waals surface area contributed by atoms with E-state index in [1.165, 1.54) is 0 Å². The Morgan fingerprint density at radius 3 is 2.19 bits per heavy atom. The summed E-state index contributed by atoms with van der Waals surface area (Å²) in [6.45, 7) is 3.84. The number of nitrogens with zero attached hydrogens (tertiary/aromatic N) is 1. The van der Waals surface area contributed by atoms with Crippen molar-refractivity contribution < 1.29 is 4.79 Å². The first kappa shape index (κ1) is 14.7. The van der Waals surface area contributed by atoms with Crippen LogP contribution in [-0.2, 0) is 6.42 Å². The summed E-state index contributed by atoms with van der Waals surface area (Å²) in [4.78, 5) is 12.3. The smallest absolute Gasteiger partial charge is 0.189 e. The molecule has 1 atom stereocenters. The molecule has 2 aromatic rings. The van der Waals surface area contributed by atoms with Gasteiger partial charge in [-0.15, -0.1) is 0 Å². The minimum atomic E-state index is -0.446. The number of aryl methyl sites for hydroxylation is 1. The van der Waals surface area contributed by atoms with E-state index in [0.29, 0.717) is 17.6 Å². The normalized spacial score (nSPS) is 11.4. The monoisotopic (exact) mass is 275 g/mol. The first-order valence-electron chi connectivity index (χ1n) is 6.94. The summed E-state index contributed by atoms with van der Waals surface area (Å²) in [6.07, 6.45) is 1.37. The second-order valence-corrected chi connectivity index (χ2v) is 4.93. The molecule has 2 heteroatoms. The van der Waals surface area contributed by atoms with Gasteiger partial charge < -0.3 is 0 Å². The van der Waals surface area contributed by atoms with Gasteiger partial charge in [0, 0.05) is 11.1 Å². The van der Waals surface area contributed by atoms with Crippen LogP contribution in [0, 0.1) is 17.2 Å². The minimum Gasteiger partial charge on any atom is -0.289 e. The highest BCUT2D eigenvalue weighted by molar-refractivity contribution is 6.08. The molecule has 0 fully saturated rings. The van der Waals surface area contributed by atoms with Crippen molar-refractivity contribution in [3.63, 3.8) is 0 Å². The van der Waals surface area contributed by atoms with Crippen molar-refractivity contribution in [1.29, 1.82) is 5.26 Å². The molecule has 0 aliphatic carbocycles. The molecule has 0 amide bonds. The molecule has 0 saturated heterocycles. The lowest BCUT2D eigenvalue weighted by Gasteiger charge is -2.11. The lowest BCUT2D eigenvalue weighted by atomic mass is 9.89. The molecule has 21 heavy (non-hydrogen) atoms. The van der Waals surface area contributed by atoms with Gasteiger partial charge in [-0.3, -0.25) is 4.79 Å². The molecule has 0 aromatic heterocycles. The lowest BCUT2D eigenvalue weighted by molar-refractivity contribution is 0.102. The van der Waals surface area contributed by atoms with E-state index < -0.39 is 5.92 Å². The van der Waals surface area contributed by atoms with E-state index in [1.807, 2.05) is 48.5 Å². The summed E-state index contributed by atoms with van der Waals surface area (Å²) in [7, 11) is 0. The van der Waals surface area contributed by atoms with Crippen molar-refractivity contribution in [2.24, 2.45) is 5.92 Å². The highest BCUT2D eigenvalue weighted by Crippen LogP contribution is 2.20. The Labute approximate surface area is 125 Å². The third-order valence-corrected chi connectivity index (χ3v) is 3.47. The van der Waals surface area contributed by atoms with Gasteiger partial charge in [0.1, 0.15) is 0 Å². The summed E-state index contributed by atoms with van der Waals surface area (Å²) in [5, 5.41) is 9.31. The van der Waals surface area contributed by atoms with E-state index in [4.69, 9.17) is 0 Å². The molecule has 0 aliphatic heterocycles. The highest BCUT2D eigenvalue weighted by atomic mass is 16.1. The number of allylic oxidation sites excluding steroid dienone is 1. The largest absolute Gasteiger partial charge is 0.289 e. The van der Waals surface area contributed by atoms with Gasteiger partial charge in [0.2, 0.25) is 0 Å². The van der Waals surface area contributed by atoms with Gasteiger partial charge in [-0.1, -0.05) is 67.2 Å². The molecule has 0 bridgehead atoms. The van der Waals surface area contributed by atoms with Crippen LogP contribution in [0.3, 0.4) is 0 Å². The Kier molecular flexibility index (Phi) is 5.06. The molecule has 1 unspecified atom stereocenters. The van der Waals surface area contributed by atoms with Gasteiger partial charge in [0.05, 0.1) is 12.0 Å². The molecule has 0 aliphatic rings. The number of nitriles is 1. The predicted molar refractivity (Wildman–Crippen MR) is 83.8 cm³/mol. The van der Waals surface area contributed by atoms with E-state index in [9.17, 15) is 10.1 Å². The average molecular weight is 275 g/mol. The summed E-state index contributed by atoms with van der Waals surface area (Å²) < 4.78 is 0. The SMILES string of the molecule is C=C(C(=O)c1ccccc1)C(C#N)CCc1ccccc1. The Bertz CT molecular complexity index is 653. The van der Waals surface area contributed by atoms with E-state index >= 15 is 0 Å². The quantitative estimate of drug-likeness (QED) is 0.585. The van der Waals surface area contributed by atoms with Crippen LogP contribution in [-0.4, -0.2) is 5.78 Å². The lowest BCUT2D eigenvalue weighted by Crippen LogP contribution is -2.12. The second kappa shape index (κ2) is 7.21.